The van der Waals surface area contributed by atoms with Gasteiger partial charge in [-0.15, -0.1) is 0 Å². The first-order chi connectivity index (χ1) is 10.4. The summed E-state index contributed by atoms with van der Waals surface area (Å²) in [6, 6.07) is 8.39. The highest BCUT2D eigenvalue weighted by molar-refractivity contribution is 7.88. The van der Waals surface area contributed by atoms with E-state index in [-0.39, 0.29) is 0 Å². The number of piperidine rings is 1. The summed E-state index contributed by atoms with van der Waals surface area (Å²) < 4.78 is 30.1. The number of hydrogen-bond donors (Lipinski definition) is 1. The van der Waals surface area contributed by atoms with E-state index in [9.17, 15) is 8.42 Å². The topological polar surface area (TPSA) is 58.6 Å². The van der Waals surface area contributed by atoms with Gasteiger partial charge in [0.15, 0.2) is 0 Å². The van der Waals surface area contributed by atoms with E-state index in [0.717, 1.165) is 25.1 Å². The lowest BCUT2D eigenvalue weighted by Gasteiger charge is -2.37. The molecule has 2 unspecified atom stereocenters. The maximum Gasteiger partial charge on any atom is 0.211 e. The van der Waals surface area contributed by atoms with Gasteiger partial charge in [-0.2, -0.15) is 0 Å². The second-order valence-corrected chi connectivity index (χ2v) is 7.90. The number of nitrogens with one attached hydrogen (secondary N) is 1. The smallest absolute Gasteiger partial charge is 0.211 e. The van der Waals surface area contributed by atoms with Crippen LogP contribution in [0.25, 0.3) is 0 Å². The van der Waals surface area contributed by atoms with Crippen molar-refractivity contribution in [1.82, 2.24) is 9.62 Å². The first-order valence-electron chi connectivity index (χ1n) is 7.75. The average molecular weight is 326 g/mol. The zero-order chi connectivity index (χ0) is 16.2. The third-order valence-corrected chi connectivity index (χ3v) is 5.69. The number of benzene rings is 1. The fourth-order valence-corrected chi connectivity index (χ4v) is 3.87. The molecule has 0 aliphatic carbocycles. The van der Waals surface area contributed by atoms with Gasteiger partial charge in [0.2, 0.25) is 10.0 Å². The van der Waals surface area contributed by atoms with Crippen LogP contribution in [0.1, 0.15) is 25.3 Å². The molecule has 0 amide bonds. The van der Waals surface area contributed by atoms with Gasteiger partial charge in [0, 0.05) is 25.7 Å². The minimum atomic E-state index is -3.08. The standard InChI is InChI=1S/C16H26N2O3S/c1-4-14-12-18(22(3,19)20)10-9-16(14)17-11-13-5-7-15(21-2)8-6-13/h5-8,14,16-17H,4,9-12H2,1-3H3. The minimum absolute atomic E-state index is 0.363. The van der Waals surface area contributed by atoms with Crippen molar-refractivity contribution in [3.8, 4) is 5.75 Å². The molecule has 124 valence electrons. The van der Waals surface area contributed by atoms with Gasteiger partial charge in [0.1, 0.15) is 5.75 Å². The van der Waals surface area contributed by atoms with Crippen molar-refractivity contribution in [3.63, 3.8) is 0 Å². The highest BCUT2D eigenvalue weighted by atomic mass is 32.2. The number of nitrogens with zero attached hydrogens (tertiary/aromatic N) is 1. The van der Waals surface area contributed by atoms with E-state index >= 15 is 0 Å². The fraction of sp³-hybridized carbons (Fsp3) is 0.625. The van der Waals surface area contributed by atoms with E-state index in [4.69, 9.17) is 4.74 Å². The van der Waals surface area contributed by atoms with Crippen molar-refractivity contribution < 1.29 is 13.2 Å². The van der Waals surface area contributed by atoms with Gasteiger partial charge in [-0.1, -0.05) is 25.5 Å². The summed E-state index contributed by atoms with van der Waals surface area (Å²) in [4.78, 5) is 0. The molecule has 0 bridgehead atoms. The van der Waals surface area contributed by atoms with Crippen molar-refractivity contribution in [2.75, 3.05) is 26.5 Å². The molecule has 0 saturated carbocycles. The maximum atomic E-state index is 11.7. The highest BCUT2D eigenvalue weighted by Crippen LogP contribution is 2.22. The molecule has 1 fully saturated rings. The molecule has 0 spiro atoms. The molecular formula is C16H26N2O3S. The van der Waals surface area contributed by atoms with Crippen LogP contribution in [0.3, 0.4) is 0 Å². The van der Waals surface area contributed by atoms with Crippen LogP contribution < -0.4 is 10.1 Å². The van der Waals surface area contributed by atoms with Crippen LogP contribution in [-0.2, 0) is 16.6 Å². The van der Waals surface area contributed by atoms with E-state index < -0.39 is 10.0 Å². The van der Waals surface area contributed by atoms with Crippen LogP contribution in [-0.4, -0.2) is 45.2 Å². The summed E-state index contributed by atoms with van der Waals surface area (Å²) in [5.74, 6) is 1.22. The summed E-state index contributed by atoms with van der Waals surface area (Å²) in [5.41, 5.74) is 1.21. The molecule has 22 heavy (non-hydrogen) atoms. The van der Waals surface area contributed by atoms with E-state index in [1.54, 1.807) is 11.4 Å². The number of methoxy groups -OCH3 is 1. The van der Waals surface area contributed by atoms with E-state index in [1.165, 1.54) is 11.8 Å². The monoisotopic (exact) mass is 326 g/mol. The molecule has 1 aliphatic heterocycles. The van der Waals surface area contributed by atoms with Crippen molar-refractivity contribution in [1.29, 1.82) is 0 Å². The predicted molar refractivity (Wildman–Crippen MR) is 88.4 cm³/mol. The van der Waals surface area contributed by atoms with Gasteiger partial charge in [-0.05, 0) is 30.0 Å². The van der Waals surface area contributed by atoms with Gasteiger partial charge in [0.05, 0.1) is 13.4 Å². The van der Waals surface area contributed by atoms with Gasteiger partial charge in [-0.25, -0.2) is 12.7 Å². The van der Waals surface area contributed by atoms with Gasteiger partial charge < -0.3 is 10.1 Å². The molecule has 1 N–H and O–H groups in total. The third-order valence-electron chi connectivity index (χ3n) is 4.42. The van der Waals surface area contributed by atoms with Crippen LogP contribution in [0, 0.1) is 5.92 Å². The molecule has 0 radical (unpaired) electrons. The Labute approximate surface area is 133 Å². The zero-order valence-electron chi connectivity index (χ0n) is 13.6. The average Bonchev–Trinajstić information content (AvgIpc) is 2.52. The molecule has 2 rings (SSSR count). The van der Waals surface area contributed by atoms with Gasteiger partial charge in [-0.3, -0.25) is 0 Å². The summed E-state index contributed by atoms with van der Waals surface area (Å²) in [6.07, 6.45) is 3.14. The Morgan fingerprint density at radius 1 is 1.32 bits per heavy atom. The molecule has 1 aliphatic rings. The second kappa shape index (κ2) is 7.44. The molecule has 2 atom stereocenters. The number of sulfonamides is 1. The summed E-state index contributed by atoms with van der Waals surface area (Å²) in [5, 5.41) is 3.59. The number of ether oxygens (including phenoxy) is 1. The molecule has 0 aromatic heterocycles. The van der Waals surface area contributed by atoms with Crippen LogP contribution in [0.15, 0.2) is 24.3 Å². The molecule has 5 nitrogen and oxygen atoms in total. The van der Waals surface area contributed by atoms with Gasteiger partial charge >= 0.3 is 0 Å². The summed E-state index contributed by atoms with van der Waals surface area (Å²) in [6.45, 7) is 4.15. The summed E-state index contributed by atoms with van der Waals surface area (Å²) >= 11 is 0. The normalized spacial score (nSPS) is 23.4. The van der Waals surface area contributed by atoms with Crippen LogP contribution >= 0.6 is 0 Å². The second-order valence-electron chi connectivity index (χ2n) is 5.91. The fourth-order valence-electron chi connectivity index (χ4n) is 2.97. The first-order valence-corrected chi connectivity index (χ1v) is 9.60. The highest BCUT2D eigenvalue weighted by Gasteiger charge is 2.31. The zero-order valence-corrected chi connectivity index (χ0v) is 14.4. The third kappa shape index (κ3) is 4.44. The largest absolute Gasteiger partial charge is 0.497 e. The maximum absolute atomic E-state index is 11.7. The van der Waals surface area contributed by atoms with Crippen LogP contribution in [0.2, 0.25) is 0 Å². The lowest BCUT2D eigenvalue weighted by Crippen LogP contribution is -2.50. The van der Waals surface area contributed by atoms with Crippen molar-refractivity contribution in [2.45, 2.75) is 32.4 Å². The van der Waals surface area contributed by atoms with Gasteiger partial charge in [0.25, 0.3) is 0 Å². The van der Waals surface area contributed by atoms with E-state index in [2.05, 4.69) is 24.4 Å². The van der Waals surface area contributed by atoms with Crippen molar-refractivity contribution in [2.24, 2.45) is 5.92 Å². The Morgan fingerprint density at radius 3 is 2.55 bits per heavy atom. The molecule has 1 heterocycles. The molecular weight excluding hydrogens is 300 g/mol. The van der Waals surface area contributed by atoms with Crippen LogP contribution in [0.5, 0.6) is 5.75 Å². The van der Waals surface area contributed by atoms with Crippen molar-refractivity contribution >= 4 is 10.0 Å². The molecule has 1 aromatic carbocycles. The lowest BCUT2D eigenvalue weighted by molar-refractivity contribution is 0.202. The predicted octanol–water partition coefficient (Wildman–Crippen LogP) is 1.84. The lowest BCUT2D eigenvalue weighted by atomic mass is 9.91. The van der Waals surface area contributed by atoms with Crippen molar-refractivity contribution in [3.05, 3.63) is 29.8 Å². The summed E-state index contributed by atoms with van der Waals surface area (Å²) in [7, 11) is -1.41. The Balaban J connectivity index is 1.92. The van der Waals surface area contributed by atoms with Crippen LogP contribution in [0.4, 0.5) is 0 Å². The Kier molecular flexibility index (Phi) is 5.83. The molecule has 1 saturated heterocycles. The number of hydrogen-bond acceptors (Lipinski definition) is 4. The molecule has 1 aromatic rings. The van der Waals surface area contributed by atoms with E-state index in [1.807, 2.05) is 12.1 Å². The quantitative estimate of drug-likeness (QED) is 0.867. The first kappa shape index (κ1) is 17.2. The molecule has 6 heteroatoms. The Bertz CT molecular complexity index is 572. The Hall–Kier alpha value is -1.11. The van der Waals surface area contributed by atoms with E-state index in [0.29, 0.717) is 25.0 Å². The SMILES string of the molecule is CCC1CN(S(C)(=O)=O)CCC1NCc1ccc(OC)cc1. The Morgan fingerprint density at radius 2 is 2.00 bits per heavy atom. The minimum Gasteiger partial charge on any atom is -0.497 e. The number of rotatable bonds is 6.